The Kier molecular flexibility index (Phi) is 5.40. The molecule has 4 heterocycles. The number of nitrogens with zero attached hydrogens (tertiary/aromatic N) is 5. The fourth-order valence-corrected chi connectivity index (χ4v) is 4.76. The summed E-state index contributed by atoms with van der Waals surface area (Å²) >= 11 is 0. The quantitative estimate of drug-likeness (QED) is 0.459. The molecule has 0 spiro atoms. The molecule has 4 aromatic heterocycles. The molecule has 0 aliphatic heterocycles. The number of anilines is 1. The van der Waals surface area contributed by atoms with Crippen molar-refractivity contribution in [2.24, 2.45) is 0 Å². The number of nitrogens with two attached hydrogens (primary N) is 1. The van der Waals surface area contributed by atoms with Crippen LogP contribution in [-0.4, -0.2) is 24.9 Å². The molecule has 31 heavy (non-hydrogen) atoms. The highest BCUT2D eigenvalue weighted by Crippen LogP contribution is 2.40. The molecule has 4 aromatic rings. The van der Waals surface area contributed by atoms with E-state index in [-0.39, 0.29) is 0 Å². The molecule has 2 N–H and O–H groups in total. The first-order valence-corrected chi connectivity index (χ1v) is 11.2. The third-order valence-corrected chi connectivity index (χ3v) is 6.18. The van der Waals surface area contributed by atoms with Crippen molar-refractivity contribution in [3.8, 4) is 11.3 Å². The number of rotatable bonds is 7. The van der Waals surface area contributed by atoms with Gasteiger partial charge >= 0.3 is 0 Å². The predicted molar refractivity (Wildman–Crippen MR) is 121 cm³/mol. The van der Waals surface area contributed by atoms with Gasteiger partial charge in [-0.2, -0.15) is 5.10 Å². The Labute approximate surface area is 181 Å². The summed E-state index contributed by atoms with van der Waals surface area (Å²) in [7, 11) is 0. The van der Waals surface area contributed by atoms with Crippen molar-refractivity contribution < 1.29 is 4.52 Å². The molecular formula is C24H28N6O. The lowest BCUT2D eigenvalue weighted by molar-refractivity contribution is 0.377. The van der Waals surface area contributed by atoms with Gasteiger partial charge in [0.15, 0.2) is 5.82 Å². The van der Waals surface area contributed by atoms with E-state index in [0.29, 0.717) is 11.7 Å². The zero-order valence-corrected chi connectivity index (χ0v) is 17.9. The lowest BCUT2D eigenvalue weighted by Gasteiger charge is -2.25. The van der Waals surface area contributed by atoms with Crippen molar-refractivity contribution in [3.63, 3.8) is 0 Å². The summed E-state index contributed by atoms with van der Waals surface area (Å²) in [5, 5.41) is 10.1. The van der Waals surface area contributed by atoms with Crippen molar-refractivity contribution in [2.75, 3.05) is 5.73 Å². The van der Waals surface area contributed by atoms with Crippen LogP contribution in [0.15, 0.2) is 41.3 Å². The molecule has 1 unspecified atom stereocenters. The molecule has 0 saturated heterocycles. The summed E-state index contributed by atoms with van der Waals surface area (Å²) in [4.78, 5) is 8.89. The average molecular weight is 417 g/mol. The van der Waals surface area contributed by atoms with Crippen LogP contribution in [0.4, 0.5) is 5.82 Å². The van der Waals surface area contributed by atoms with Crippen LogP contribution in [0.3, 0.4) is 0 Å². The summed E-state index contributed by atoms with van der Waals surface area (Å²) in [5.41, 5.74) is 11.5. The molecule has 160 valence electrons. The Balaban J connectivity index is 1.33. The molecule has 1 aliphatic rings. The van der Waals surface area contributed by atoms with Gasteiger partial charge in [-0.15, -0.1) is 0 Å². The minimum atomic E-state index is 0.486. The van der Waals surface area contributed by atoms with Gasteiger partial charge in [0.1, 0.15) is 17.0 Å². The molecule has 7 heteroatoms. The van der Waals surface area contributed by atoms with Gasteiger partial charge in [0, 0.05) is 54.3 Å². The third-order valence-electron chi connectivity index (χ3n) is 6.18. The summed E-state index contributed by atoms with van der Waals surface area (Å²) < 4.78 is 7.59. The Morgan fingerprint density at radius 3 is 3.10 bits per heavy atom. The molecule has 5 rings (SSSR count). The van der Waals surface area contributed by atoms with E-state index in [2.05, 4.69) is 23.3 Å². The largest absolute Gasteiger partial charge is 0.382 e. The minimum Gasteiger partial charge on any atom is -0.382 e. The maximum atomic E-state index is 6.25. The van der Waals surface area contributed by atoms with Crippen LogP contribution >= 0.6 is 0 Å². The Morgan fingerprint density at radius 2 is 2.26 bits per heavy atom. The van der Waals surface area contributed by atoms with Gasteiger partial charge in [0.05, 0.1) is 0 Å². The molecule has 0 bridgehead atoms. The number of hydrogen-bond acceptors (Lipinski definition) is 6. The lowest BCUT2D eigenvalue weighted by Crippen LogP contribution is -2.13. The Bertz CT molecular complexity index is 1180. The highest BCUT2D eigenvalue weighted by atomic mass is 16.5. The van der Waals surface area contributed by atoms with Gasteiger partial charge in [-0.05, 0) is 62.1 Å². The van der Waals surface area contributed by atoms with Crippen LogP contribution < -0.4 is 5.73 Å². The van der Waals surface area contributed by atoms with Gasteiger partial charge in [-0.1, -0.05) is 12.1 Å². The van der Waals surface area contributed by atoms with Gasteiger partial charge in [0.25, 0.3) is 0 Å². The molecule has 0 fully saturated rings. The zero-order chi connectivity index (χ0) is 21.2. The fraction of sp³-hybridized carbons (Fsp3) is 0.417. The first-order valence-electron chi connectivity index (χ1n) is 11.2. The molecule has 7 nitrogen and oxygen atoms in total. The van der Waals surface area contributed by atoms with E-state index in [0.717, 1.165) is 73.3 Å². The SMILES string of the molecule is CCCn1cc2c3c(nc(N)c2n1)CCCC3CCCc1cc(-c2cccnc2)no1. The van der Waals surface area contributed by atoms with Crippen LogP contribution in [0, 0.1) is 0 Å². The molecule has 1 atom stereocenters. The van der Waals surface area contributed by atoms with Crippen molar-refractivity contribution >= 4 is 16.7 Å². The number of fused-ring (bicyclic) bond motifs is 3. The minimum absolute atomic E-state index is 0.486. The standard InChI is InChI=1S/C24H28N6O/c1-2-12-30-15-19-22-16(7-4-10-20(22)27-24(25)23(19)28-30)6-3-9-18-13-21(29-31-18)17-8-5-11-26-14-17/h5,8,11,13-16H,2-4,6-7,9-10,12H2,1H3,(H2,25,27). The van der Waals surface area contributed by atoms with E-state index in [1.54, 1.807) is 6.20 Å². The summed E-state index contributed by atoms with van der Waals surface area (Å²) in [6.07, 6.45) is 13.1. The molecular weight excluding hydrogens is 388 g/mol. The molecule has 0 amide bonds. The van der Waals surface area contributed by atoms with Crippen LogP contribution in [0.2, 0.25) is 0 Å². The average Bonchev–Trinajstić information content (AvgIpc) is 3.42. The summed E-state index contributed by atoms with van der Waals surface area (Å²) in [6, 6.07) is 5.94. The van der Waals surface area contributed by atoms with Gasteiger partial charge in [-0.3, -0.25) is 9.67 Å². The highest BCUT2D eigenvalue weighted by molar-refractivity contribution is 5.90. The van der Waals surface area contributed by atoms with Crippen molar-refractivity contribution in [1.29, 1.82) is 0 Å². The molecule has 0 radical (unpaired) electrons. The number of hydrogen-bond donors (Lipinski definition) is 1. The monoisotopic (exact) mass is 416 g/mol. The second kappa shape index (κ2) is 8.49. The second-order valence-corrected chi connectivity index (χ2v) is 8.41. The molecule has 0 aromatic carbocycles. The van der Waals surface area contributed by atoms with Crippen molar-refractivity contribution in [3.05, 3.63) is 53.8 Å². The Morgan fingerprint density at radius 1 is 1.32 bits per heavy atom. The number of pyridine rings is 2. The van der Waals surface area contributed by atoms with E-state index in [9.17, 15) is 0 Å². The van der Waals surface area contributed by atoms with Crippen LogP contribution in [-0.2, 0) is 19.4 Å². The molecule has 0 saturated carbocycles. The fourth-order valence-electron chi connectivity index (χ4n) is 4.76. The van der Waals surface area contributed by atoms with Gasteiger partial charge in [0.2, 0.25) is 0 Å². The lowest BCUT2D eigenvalue weighted by atomic mass is 9.81. The number of aryl methyl sites for hydroxylation is 3. The van der Waals surface area contributed by atoms with Crippen molar-refractivity contribution in [1.82, 2.24) is 24.9 Å². The van der Waals surface area contributed by atoms with Crippen molar-refractivity contribution in [2.45, 2.75) is 64.3 Å². The Hall–Kier alpha value is -3.22. The summed E-state index contributed by atoms with van der Waals surface area (Å²) in [5.74, 6) is 1.97. The first-order chi connectivity index (χ1) is 15.2. The maximum Gasteiger partial charge on any atom is 0.152 e. The zero-order valence-electron chi connectivity index (χ0n) is 17.9. The van der Waals surface area contributed by atoms with E-state index in [1.165, 1.54) is 17.4 Å². The van der Waals surface area contributed by atoms with E-state index in [1.807, 2.05) is 29.1 Å². The van der Waals surface area contributed by atoms with Crippen LogP contribution in [0.1, 0.15) is 62.0 Å². The maximum absolute atomic E-state index is 6.25. The summed E-state index contributed by atoms with van der Waals surface area (Å²) in [6.45, 7) is 3.06. The van der Waals surface area contributed by atoms with Crippen LogP contribution in [0.25, 0.3) is 22.2 Å². The van der Waals surface area contributed by atoms with E-state index in [4.69, 9.17) is 20.3 Å². The molecule has 1 aliphatic carbocycles. The number of nitrogen functional groups attached to an aromatic ring is 1. The van der Waals surface area contributed by atoms with E-state index >= 15 is 0 Å². The normalized spacial score (nSPS) is 16.0. The second-order valence-electron chi connectivity index (χ2n) is 8.41. The third kappa shape index (κ3) is 3.92. The smallest absolute Gasteiger partial charge is 0.152 e. The van der Waals surface area contributed by atoms with E-state index < -0.39 is 0 Å². The highest BCUT2D eigenvalue weighted by Gasteiger charge is 2.26. The number of aromatic nitrogens is 5. The predicted octanol–water partition coefficient (Wildman–Crippen LogP) is 4.92. The van der Waals surface area contributed by atoms with Crippen LogP contribution in [0.5, 0.6) is 0 Å². The topological polar surface area (TPSA) is 95.7 Å². The van der Waals surface area contributed by atoms with Gasteiger partial charge < -0.3 is 10.3 Å². The van der Waals surface area contributed by atoms with Gasteiger partial charge in [-0.25, -0.2) is 4.98 Å². The first kappa shape index (κ1) is 19.7.